The fourth-order valence-corrected chi connectivity index (χ4v) is 2.57. The van der Waals surface area contributed by atoms with E-state index in [1.165, 1.54) is 6.66 Å². The van der Waals surface area contributed by atoms with Crippen molar-refractivity contribution in [1.82, 2.24) is 0 Å². The van der Waals surface area contributed by atoms with Crippen molar-refractivity contribution in [3.63, 3.8) is 0 Å². The third kappa shape index (κ3) is 14.4. The van der Waals surface area contributed by atoms with Crippen molar-refractivity contribution >= 4 is 7.60 Å². The van der Waals surface area contributed by atoms with Crippen molar-refractivity contribution in [3.8, 4) is 0 Å². The maximum atomic E-state index is 11.7. The third-order valence-corrected chi connectivity index (χ3v) is 3.46. The lowest BCUT2D eigenvalue weighted by molar-refractivity contribution is -0.00540. The number of rotatable bonds is 13. The number of hydrogen-bond acceptors (Lipinski definition) is 6. The Morgan fingerprint density at radius 1 is 0.800 bits per heavy atom. The molecule has 122 valence electrons. The summed E-state index contributed by atoms with van der Waals surface area (Å²) in [6.45, 7) is 11.8. The summed E-state index contributed by atoms with van der Waals surface area (Å²) in [6, 6.07) is 0. The zero-order valence-corrected chi connectivity index (χ0v) is 14.2. The minimum Gasteiger partial charge on any atom is -0.377 e. The van der Waals surface area contributed by atoms with E-state index in [2.05, 4.69) is 0 Å². The summed E-state index contributed by atoms with van der Waals surface area (Å²) in [5.74, 6) is 0. The van der Waals surface area contributed by atoms with Crippen LogP contribution in [0.15, 0.2) is 0 Å². The maximum Gasteiger partial charge on any atom is 0.327 e. The summed E-state index contributed by atoms with van der Waals surface area (Å²) in [5, 5.41) is 0. The van der Waals surface area contributed by atoms with E-state index >= 15 is 0 Å². The molecule has 6 nitrogen and oxygen atoms in total. The molecule has 0 fully saturated rings. The van der Waals surface area contributed by atoms with E-state index in [1.54, 1.807) is 0 Å². The van der Waals surface area contributed by atoms with Gasteiger partial charge in [0.05, 0.1) is 51.8 Å². The molecule has 0 aliphatic heterocycles. The standard InChI is InChI=1S/C13H29O6P/c1-12(2)17-10-8-15-6-7-16-9-11-18-20(5,14)19-13(3)4/h12-13H,6-11H2,1-5H3. The van der Waals surface area contributed by atoms with Gasteiger partial charge in [0.2, 0.25) is 0 Å². The summed E-state index contributed by atoms with van der Waals surface area (Å²) >= 11 is 0. The van der Waals surface area contributed by atoms with E-state index in [1.807, 2.05) is 27.7 Å². The molecular formula is C13H29O6P. The largest absolute Gasteiger partial charge is 0.377 e. The van der Waals surface area contributed by atoms with Crippen LogP contribution >= 0.6 is 7.60 Å². The molecule has 0 bridgehead atoms. The molecule has 0 aromatic carbocycles. The van der Waals surface area contributed by atoms with Gasteiger partial charge in [-0.1, -0.05) is 0 Å². The Kier molecular flexibility index (Phi) is 11.7. The highest BCUT2D eigenvalue weighted by molar-refractivity contribution is 7.53. The first kappa shape index (κ1) is 20.0. The monoisotopic (exact) mass is 312 g/mol. The smallest absolute Gasteiger partial charge is 0.327 e. The normalized spacial score (nSPS) is 14.9. The van der Waals surface area contributed by atoms with Gasteiger partial charge < -0.3 is 23.3 Å². The second kappa shape index (κ2) is 11.7. The fourth-order valence-electron chi connectivity index (χ4n) is 1.34. The highest BCUT2D eigenvalue weighted by Crippen LogP contribution is 2.44. The molecule has 0 heterocycles. The van der Waals surface area contributed by atoms with E-state index < -0.39 is 7.60 Å². The minimum absolute atomic E-state index is 0.117. The Balaban J connectivity index is 3.30. The van der Waals surface area contributed by atoms with E-state index in [4.69, 9.17) is 23.3 Å². The van der Waals surface area contributed by atoms with Crippen LogP contribution in [0.3, 0.4) is 0 Å². The van der Waals surface area contributed by atoms with Gasteiger partial charge in [-0.2, -0.15) is 0 Å². The highest BCUT2D eigenvalue weighted by atomic mass is 31.2. The summed E-state index contributed by atoms with van der Waals surface area (Å²) in [6.07, 6.45) is 0.109. The predicted octanol–water partition coefficient (Wildman–Crippen LogP) is 2.71. The van der Waals surface area contributed by atoms with Crippen molar-refractivity contribution in [1.29, 1.82) is 0 Å². The van der Waals surface area contributed by atoms with Crippen molar-refractivity contribution in [2.45, 2.75) is 39.9 Å². The molecule has 1 atom stereocenters. The first-order valence-corrected chi connectivity index (χ1v) is 9.00. The third-order valence-electron chi connectivity index (χ3n) is 2.01. The van der Waals surface area contributed by atoms with Crippen LogP contribution in [0.1, 0.15) is 27.7 Å². The van der Waals surface area contributed by atoms with Gasteiger partial charge in [0.1, 0.15) is 0 Å². The van der Waals surface area contributed by atoms with Gasteiger partial charge >= 0.3 is 7.60 Å². The second-order valence-electron chi connectivity index (χ2n) is 4.90. The first-order valence-electron chi connectivity index (χ1n) is 7.01. The summed E-state index contributed by atoms with van der Waals surface area (Å²) < 4.78 is 38.0. The molecule has 0 rings (SSSR count). The summed E-state index contributed by atoms with van der Waals surface area (Å²) in [5.41, 5.74) is 0. The second-order valence-corrected chi connectivity index (χ2v) is 6.91. The van der Waals surface area contributed by atoms with Gasteiger partial charge in [-0.05, 0) is 27.7 Å². The zero-order chi connectivity index (χ0) is 15.4. The van der Waals surface area contributed by atoms with Crippen LogP contribution in [0, 0.1) is 0 Å². The lowest BCUT2D eigenvalue weighted by atomic mass is 10.5. The van der Waals surface area contributed by atoms with Gasteiger partial charge in [0.25, 0.3) is 0 Å². The SMILES string of the molecule is CC(C)OCCOCCOCCOP(C)(=O)OC(C)C. The summed E-state index contributed by atoms with van der Waals surface area (Å²) in [4.78, 5) is 0. The van der Waals surface area contributed by atoms with E-state index in [0.717, 1.165) is 0 Å². The number of hydrogen-bond donors (Lipinski definition) is 0. The van der Waals surface area contributed by atoms with Gasteiger partial charge in [-0.3, -0.25) is 4.57 Å². The fraction of sp³-hybridized carbons (Fsp3) is 1.00. The Labute approximate surface area is 122 Å². The van der Waals surface area contributed by atoms with Crippen molar-refractivity contribution in [2.75, 3.05) is 46.3 Å². The van der Waals surface area contributed by atoms with Gasteiger partial charge in [0, 0.05) is 6.66 Å². The molecule has 0 amide bonds. The maximum absolute atomic E-state index is 11.7. The average Bonchev–Trinajstić information content (AvgIpc) is 2.29. The molecular weight excluding hydrogens is 283 g/mol. The molecule has 0 aliphatic carbocycles. The minimum atomic E-state index is -2.96. The lowest BCUT2D eigenvalue weighted by Gasteiger charge is -2.16. The molecule has 0 spiro atoms. The molecule has 0 saturated heterocycles. The molecule has 0 radical (unpaired) electrons. The van der Waals surface area contributed by atoms with Crippen LogP contribution in [-0.2, 0) is 27.8 Å². The molecule has 0 N–H and O–H groups in total. The molecule has 20 heavy (non-hydrogen) atoms. The predicted molar refractivity (Wildman–Crippen MR) is 78.4 cm³/mol. The Bertz CT molecular complexity index is 270. The van der Waals surface area contributed by atoms with Gasteiger partial charge in [-0.15, -0.1) is 0 Å². The van der Waals surface area contributed by atoms with Crippen LogP contribution in [-0.4, -0.2) is 58.5 Å². The van der Waals surface area contributed by atoms with Crippen molar-refractivity contribution in [2.24, 2.45) is 0 Å². The van der Waals surface area contributed by atoms with E-state index in [-0.39, 0.29) is 18.8 Å². The van der Waals surface area contributed by atoms with Gasteiger partial charge in [0.15, 0.2) is 0 Å². The number of ether oxygens (including phenoxy) is 3. The Morgan fingerprint density at radius 2 is 1.30 bits per heavy atom. The average molecular weight is 312 g/mol. The molecule has 7 heteroatoms. The topological polar surface area (TPSA) is 63.2 Å². The van der Waals surface area contributed by atoms with Crippen molar-refractivity contribution in [3.05, 3.63) is 0 Å². The molecule has 0 saturated carbocycles. The van der Waals surface area contributed by atoms with Crippen LogP contribution in [0.5, 0.6) is 0 Å². The van der Waals surface area contributed by atoms with Crippen LogP contribution < -0.4 is 0 Å². The lowest BCUT2D eigenvalue weighted by Crippen LogP contribution is -2.13. The highest BCUT2D eigenvalue weighted by Gasteiger charge is 2.18. The van der Waals surface area contributed by atoms with Crippen LogP contribution in [0.2, 0.25) is 0 Å². The van der Waals surface area contributed by atoms with Crippen LogP contribution in [0.25, 0.3) is 0 Å². The van der Waals surface area contributed by atoms with Crippen LogP contribution in [0.4, 0.5) is 0 Å². The van der Waals surface area contributed by atoms with E-state index in [9.17, 15) is 4.57 Å². The molecule has 0 aromatic rings. The van der Waals surface area contributed by atoms with E-state index in [0.29, 0.717) is 33.0 Å². The summed E-state index contributed by atoms with van der Waals surface area (Å²) in [7, 11) is -2.96. The quantitative estimate of drug-likeness (QED) is 0.385. The zero-order valence-electron chi connectivity index (χ0n) is 13.3. The first-order chi connectivity index (χ1) is 9.33. The molecule has 0 aromatic heterocycles. The Hall–Kier alpha value is 0.0300. The molecule has 0 aliphatic rings. The Morgan fingerprint density at radius 3 is 1.80 bits per heavy atom. The molecule has 1 unspecified atom stereocenters. The van der Waals surface area contributed by atoms with Crippen molar-refractivity contribution < 1.29 is 27.8 Å². The van der Waals surface area contributed by atoms with Gasteiger partial charge in [-0.25, -0.2) is 0 Å².